The maximum atomic E-state index is 12.0. The Bertz CT molecular complexity index is 373. The Morgan fingerprint density at radius 3 is 2.65 bits per heavy atom. The van der Waals surface area contributed by atoms with E-state index in [0.717, 1.165) is 25.8 Å². The summed E-state index contributed by atoms with van der Waals surface area (Å²) in [5.74, 6) is -1.18. The van der Waals surface area contributed by atoms with Crippen LogP contribution in [0.25, 0.3) is 0 Å². The molecule has 0 spiro atoms. The number of nitrogens with one attached hydrogen (secondary N) is 2. The average molecular weight is 285 g/mol. The van der Waals surface area contributed by atoms with Crippen molar-refractivity contribution >= 4 is 17.9 Å². The molecule has 20 heavy (non-hydrogen) atoms. The van der Waals surface area contributed by atoms with Crippen molar-refractivity contribution < 1.29 is 19.5 Å². The molecule has 114 valence electrons. The molecule has 7 nitrogen and oxygen atoms in total. The number of nitrogens with zero attached hydrogens (tertiary/aromatic N) is 1. The predicted octanol–water partition coefficient (Wildman–Crippen LogP) is 0.550. The van der Waals surface area contributed by atoms with E-state index < -0.39 is 18.0 Å². The summed E-state index contributed by atoms with van der Waals surface area (Å²) in [6.45, 7) is 2.50. The molecular formula is C13H23N3O4. The molecule has 7 heteroatoms. The lowest BCUT2D eigenvalue weighted by Crippen LogP contribution is -2.53. The number of carboxylic acid groups (broad SMARTS) is 1. The first kappa shape index (κ1) is 16.4. The zero-order valence-electron chi connectivity index (χ0n) is 12.0. The number of carboxylic acids is 1. The molecule has 0 bridgehead atoms. The number of hydrogen-bond donors (Lipinski definition) is 3. The fraction of sp³-hybridized carbons (Fsp3) is 0.769. The first-order valence-corrected chi connectivity index (χ1v) is 6.95. The molecule has 2 atom stereocenters. The van der Waals surface area contributed by atoms with Gasteiger partial charge in [-0.25, -0.2) is 4.79 Å². The third-order valence-corrected chi connectivity index (χ3v) is 3.70. The highest BCUT2D eigenvalue weighted by Gasteiger charge is 2.30. The number of amides is 3. The minimum absolute atomic E-state index is 0.0882. The highest BCUT2D eigenvalue weighted by molar-refractivity contribution is 5.96. The Labute approximate surface area is 118 Å². The quantitative estimate of drug-likeness (QED) is 0.685. The lowest BCUT2D eigenvalue weighted by molar-refractivity contribution is -0.137. The second-order valence-electron chi connectivity index (χ2n) is 5.06. The standard InChI is InChI=1S/C13H23N3O4/c1-9(12(19)15-13(20)14-2)16-8-4-3-5-10(16)6-7-11(17)18/h9-10H,3-8H2,1-2H3,(H,17,18)(H2,14,15,19,20). The van der Waals surface area contributed by atoms with Crippen LogP contribution in [0.2, 0.25) is 0 Å². The summed E-state index contributed by atoms with van der Waals surface area (Å²) < 4.78 is 0. The van der Waals surface area contributed by atoms with Crippen LogP contribution in [0.4, 0.5) is 4.79 Å². The number of aliphatic carboxylic acids is 1. The van der Waals surface area contributed by atoms with Crippen LogP contribution in [0, 0.1) is 0 Å². The smallest absolute Gasteiger partial charge is 0.321 e. The molecule has 1 heterocycles. The van der Waals surface area contributed by atoms with E-state index in [1.807, 2.05) is 4.90 Å². The Balaban J connectivity index is 2.61. The normalized spacial score (nSPS) is 21.0. The molecule has 0 aromatic heterocycles. The molecule has 1 saturated heterocycles. The van der Waals surface area contributed by atoms with Crippen molar-refractivity contribution in [3.8, 4) is 0 Å². The second kappa shape index (κ2) is 7.84. The topological polar surface area (TPSA) is 98.7 Å². The zero-order chi connectivity index (χ0) is 15.1. The molecule has 1 aliphatic heterocycles. The molecule has 0 radical (unpaired) electrons. The summed E-state index contributed by atoms with van der Waals surface area (Å²) in [5, 5.41) is 13.4. The Morgan fingerprint density at radius 2 is 2.05 bits per heavy atom. The number of carbonyl (C=O) groups excluding carboxylic acids is 2. The maximum absolute atomic E-state index is 12.0. The Morgan fingerprint density at radius 1 is 1.35 bits per heavy atom. The maximum Gasteiger partial charge on any atom is 0.321 e. The lowest BCUT2D eigenvalue weighted by Gasteiger charge is -2.39. The SMILES string of the molecule is CNC(=O)NC(=O)C(C)N1CCCCC1CCC(=O)O. The van der Waals surface area contributed by atoms with E-state index in [1.54, 1.807) is 6.92 Å². The summed E-state index contributed by atoms with van der Waals surface area (Å²) in [6, 6.07) is -0.877. The van der Waals surface area contributed by atoms with Crippen LogP contribution in [-0.4, -0.2) is 53.6 Å². The van der Waals surface area contributed by atoms with E-state index in [1.165, 1.54) is 7.05 Å². The first-order chi connectivity index (χ1) is 9.45. The summed E-state index contributed by atoms with van der Waals surface area (Å²) >= 11 is 0. The first-order valence-electron chi connectivity index (χ1n) is 6.95. The van der Waals surface area contributed by atoms with Crippen molar-refractivity contribution in [3.05, 3.63) is 0 Å². The molecule has 2 unspecified atom stereocenters. The fourth-order valence-corrected chi connectivity index (χ4v) is 2.56. The van der Waals surface area contributed by atoms with Gasteiger partial charge in [0, 0.05) is 19.5 Å². The van der Waals surface area contributed by atoms with Gasteiger partial charge in [0.25, 0.3) is 0 Å². The number of piperidine rings is 1. The molecule has 0 aromatic rings. The van der Waals surface area contributed by atoms with Gasteiger partial charge in [0.15, 0.2) is 0 Å². The van der Waals surface area contributed by atoms with Gasteiger partial charge in [-0.1, -0.05) is 6.42 Å². The van der Waals surface area contributed by atoms with Gasteiger partial charge in [-0.2, -0.15) is 0 Å². The van der Waals surface area contributed by atoms with Gasteiger partial charge in [-0.15, -0.1) is 0 Å². The van der Waals surface area contributed by atoms with Crippen molar-refractivity contribution in [2.24, 2.45) is 0 Å². The van der Waals surface area contributed by atoms with Crippen molar-refractivity contribution in [2.75, 3.05) is 13.6 Å². The Hall–Kier alpha value is -1.63. The highest BCUT2D eigenvalue weighted by Crippen LogP contribution is 2.23. The number of hydrogen-bond acceptors (Lipinski definition) is 4. The molecule has 0 aromatic carbocycles. The van der Waals surface area contributed by atoms with E-state index in [-0.39, 0.29) is 18.4 Å². The summed E-state index contributed by atoms with van der Waals surface area (Å²) in [5.41, 5.74) is 0. The molecule has 3 amide bonds. The number of imide groups is 1. The van der Waals surface area contributed by atoms with Crippen LogP contribution in [0.15, 0.2) is 0 Å². The minimum atomic E-state index is -0.821. The van der Waals surface area contributed by atoms with Gasteiger partial charge in [0.2, 0.25) is 5.91 Å². The molecule has 3 N–H and O–H groups in total. The van der Waals surface area contributed by atoms with E-state index in [0.29, 0.717) is 6.42 Å². The monoisotopic (exact) mass is 285 g/mol. The zero-order valence-corrected chi connectivity index (χ0v) is 12.0. The fourth-order valence-electron chi connectivity index (χ4n) is 2.56. The second-order valence-corrected chi connectivity index (χ2v) is 5.06. The van der Waals surface area contributed by atoms with Crippen LogP contribution in [0.1, 0.15) is 39.0 Å². The molecule has 0 aliphatic carbocycles. The van der Waals surface area contributed by atoms with Gasteiger partial charge < -0.3 is 10.4 Å². The summed E-state index contributed by atoms with van der Waals surface area (Å²) in [6.07, 6.45) is 3.56. The summed E-state index contributed by atoms with van der Waals surface area (Å²) in [7, 11) is 1.45. The van der Waals surface area contributed by atoms with E-state index >= 15 is 0 Å². The number of urea groups is 1. The van der Waals surface area contributed by atoms with E-state index in [4.69, 9.17) is 5.11 Å². The third-order valence-electron chi connectivity index (χ3n) is 3.70. The molecule has 1 fully saturated rings. The van der Waals surface area contributed by atoms with Gasteiger partial charge >= 0.3 is 12.0 Å². The minimum Gasteiger partial charge on any atom is -0.481 e. The average Bonchev–Trinajstić information content (AvgIpc) is 2.44. The van der Waals surface area contributed by atoms with Crippen LogP contribution in [0.5, 0.6) is 0 Å². The van der Waals surface area contributed by atoms with Crippen LogP contribution in [0.3, 0.4) is 0 Å². The van der Waals surface area contributed by atoms with Gasteiger partial charge in [0.1, 0.15) is 0 Å². The van der Waals surface area contributed by atoms with Crippen molar-refractivity contribution in [3.63, 3.8) is 0 Å². The number of rotatable bonds is 5. The van der Waals surface area contributed by atoms with Crippen LogP contribution in [-0.2, 0) is 9.59 Å². The number of likely N-dealkylation sites (tertiary alicyclic amines) is 1. The van der Waals surface area contributed by atoms with Crippen LogP contribution >= 0.6 is 0 Å². The van der Waals surface area contributed by atoms with Gasteiger partial charge in [-0.05, 0) is 32.7 Å². The lowest BCUT2D eigenvalue weighted by atomic mass is 9.96. The van der Waals surface area contributed by atoms with Crippen molar-refractivity contribution in [2.45, 2.75) is 51.1 Å². The number of carbonyl (C=O) groups is 3. The van der Waals surface area contributed by atoms with Gasteiger partial charge in [-0.3, -0.25) is 19.8 Å². The van der Waals surface area contributed by atoms with Gasteiger partial charge in [0.05, 0.1) is 6.04 Å². The summed E-state index contributed by atoms with van der Waals surface area (Å²) in [4.78, 5) is 35.8. The van der Waals surface area contributed by atoms with Crippen molar-refractivity contribution in [1.82, 2.24) is 15.5 Å². The largest absolute Gasteiger partial charge is 0.481 e. The molecular weight excluding hydrogens is 262 g/mol. The van der Waals surface area contributed by atoms with E-state index in [9.17, 15) is 14.4 Å². The van der Waals surface area contributed by atoms with Crippen LogP contribution < -0.4 is 10.6 Å². The van der Waals surface area contributed by atoms with E-state index in [2.05, 4.69) is 10.6 Å². The Kier molecular flexibility index (Phi) is 6.44. The molecule has 1 aliphatic rings. The predicted molar refractivity (Wildman–Crippen MR) is 73.3 cm³/mol. The highest BCUT2D eigenvalue weighted by atomic mass is 16.4. The third kappa shape index (κ3) is 4.80. The molecule has 1 rings (SSSR count). The van der Waals surface area contributed by atoms with Crippen molar-refractivity contribution in [1.29, 1.82) is 0 Å². The molecule has 0 saturated carbocycles.